The van der Waals surface area contributed by atoms with Gasteiger partial charge in [0.2, 0.25) is 0 Å². The standard InChI is InChI=1S/C15H22N2/c1-12-4-2-8-15(12,11-17-14-6-7-14)13-5-3-9-16-10-13/h3,5,9-10,12,14,17H,2,4,6-8,11H2,1H3. The molecule has 2 aliphatic carbocycles. The van der Waals surface area contributed by atoms with Crippen LogP contribution in [-0.4, -0.2) is 17.6 Å². The van der Waals surface area contributed by atoms with Crippen molar-refractivity contribution in [1.29, 1.82) is 0 Å². The largest absolute Gasteiger partial charge is 0.313 e. The second-order valence-corrected chi connectivity index (χ2v) is 5.85. The van der Waals surface area contributed by atoms with Crippen molar-refractivity contribution in [2.24, 2.45) is 5.92 Å². The van der Waals surface area contributed by atoms with Crippen LogP contribution in [0.25, 0.3) is 0 Å². The quantitative estimate of drug-likeness (QED) is 0.860. The fourth-order valence-corrected chi connectivity index (χ4v) is 3.31. The molecule has 2 fully saturated rings. The molecule has 2 nitrogen and oxygen atoms in total. The van der Waals surface area contributed by atoms with Gasteiger partial charge in [0.1, 0.15) is 0 Å². The summed E-state index contributed by atoms with van der Waals surface area (Å²) in [6, 6.07) is 5.15. The molecule has 92 valence electrons. The third-order valence-electron chi connectivity index (χ3n) is 4.72. The molecular formula is C15H22N2. The Balaban J connectivity index is 1.84. The van der Waals surface area contributed by atoms with Crippen molar-refractivity contribution in [2.75, 3.05) is 6.54 Å². The Morgan fingerprint density at radius 3 is 2.88 bits per heavy atom. The number of aromatic nitrogens is 1. The van der Waals surface area contributed by atoms with Gasteiger partial charge in [0.15, 0.2) is 0 Å². The SMILES string of the molecule is CC1CCCC1(CNC1CC1)c1cccnc1. The molecule has 2 saturated carbocycles. The summed E-state index contributed by atoms with van der Waals surface area (Å²) in [5.41, 5.74) is 1.79. The molecule has 0 spiro atoms. The molecule has 0 bridgehead atoms. The molecule has 2 heteroatoms. The lowest BCUT2D eigenvalue weighted by molar-refractivity contribution is 0.315. The molecule has 1 N–H and O–H groups in total. The summed E-state index contributed by atoms with van der Waals surface area (Å²) in [5, 5.41) is 3.74. The summed E-state index contributed by atoms with van der Waals surface area (Å²) in [5.74, 6) is 0.776. The minimum atomic E-state index is 0.344. The van der Waals surface area contributed by atoms with E-state index in [-0.39, 0.29) is 0 Å². The molecule has 0 aromatic carbocycles. The average molecular weight is 230 g/mol. The minimum absolute atomic E-state index is 0.344. The van der Waals surface area contributed by atoms with Gasteiger partial charge in [-0.25, -0.2) is 0 Å². The Morgan fingerprint density at radius 2 is 2.29 bits per heavy atom. The topological polar surface area (TPSA) is 24.9 Å². The predicted molar refractivity (Wildman–Crippen MR) is 70.0 cm³/mol. The van der Waals surface area contributed by atoms with Crippen LogP contribution in [0.5, 0.6) is 0 Å². The fourth-order valence-electron chi connectivity index (χ4n) is 3.31. The van der Waals surface area contributed by atoms with Crippen molar-refractivity contribution in [1.82, 2.24) is 10.3 Å². The lowest BCUT2D eigenvalue weighted by atomic mass is 9.73. The highest BCUT2D eigenvalue weighted by molar-refractivity contribution is 5.25. The molecular weight excluding hydrogens is 208 g/mol. The van der Waals surface area contributed by atoms with E-state index in [4.69, 9.17) is 0 Å². The first-order valence-corrected chi connectivity index (χ1v) is 6.95. The zero-order chi connectivity index (χ0) is 11.7. The molecule has 1 aromatic rings. The van der Waals surface area contributed by atoms with E-state index in [1.165, 1.54) is 37.7 Å². The first kappa shape index (κ1) is 11.2. The normalized spacial score (nSPS) is 32.9. The molecule has 3 rings (SSSR count). The second kappa shape index (κ2) is 4.41. The van der Waals surface area contributed by atoms with Crippen LogP contribution in [0.15, 0.2) is 24.5 Å². The smallest absolute Gasteiger partial charge is 0.0306 e. The number of hydrogen-bond acceptors (Lipinski definition) is 2. The van der Waals surface area contributed by atoms with Gasteiger partial charge in [-0.1, -0.05) is 19.4 Å². The molecule has 1 aromatic heterocycles. The van der Waals surface area contributed by atoms with Crippen molar-refractivity contribution in [2.45, 2.75) is 50.5 Å². The van der Waals surface area contributed by atoms with Crippen LogP contribution in [0.3, 0.4) is 0 Å². The maximum absolute atomic E-state index is 4.32. The van der Waals surface area contributed by atoms with Gasteiger partial charge in [0, 0.05) is 30.4 Å². The molecule has 2 unspecified atom stereocenters. The molecule has 1 heterocycles. The van der Waals surface area contributed by atoms with Gasteiger partial charge in [0.05, 0.1) is 0 Å². The van der Waals surface area contributed by atoms with Gasteiger partial charge >= 0.3 is 0 Å². The summed E-state index contributed by atoms with van der Waals surface area (Å²) in [6.07, 6.45) is 10.7. The lowest BCUT2D eigenvalue weighted by Crippen LogP contribution is -2.41. The molecule has 0 aliphatic heterocycles. The zero-order valence-corrected chi connectivity index (χ0v) is 10.7. The maximum atomic E-state index is 4.32. The Kier molecular flexibility index (Phi) is 2.91. The Hall–Kier alpha value is -0.890. The van der Waals surface area contributed by atoms with Crippen LogP contribution < -0.4 is 5.32 Å². The van der Waals surface area contributed by atoms with Crippen LogP contribution in [0.2, 0.25) is 0 Å². The van der Waals surface area contributed by atoms with Crippen molar-refractivity contribution in [3.63, 3.8) is 0 Å². The Morgan fingerprint density at radius 1 is 1.41 bits per heavy atom. The molecule has 0 radical (unpaired) electrons. The Bertz CT molecular complexity index is 372. The van der Waals surface area contributed by atoms with Crippen LogP contribution in [0.1, 0.15) is 44.6 Å². The summed E-state index contributed by atoms with van der Waals surface area (Å²) >= 11 is 0. The van der Waals surface area contributed by atoms with Gasteiger partial charge in [-0.05, 0) is 43.2 Å². The van der Waals surface area contributed by atoms with Crippen LogP contribution in [0.4, 0.5) is 0 Å². The molecule has 0 saturated heterocycles. The molecule has 17 heavy (non-hydrogen) atoms. The van der Waals surface area contributed by atoms with Crippen molar-refractivity contribution in [3.05, 3.63) is 30.1 Å². The molecule has 2 atom stereocenters. The van der Waals surface area contributed by atoms with E-state index in [2.05, 4.69) is 35.6 Å². The monoisotopic (exact) mass is 230 g/mol. The first-order chi connectivity index (χ1) is 8.31. The lowest BCUT2D eigenvalue weighted by Gasteiger charge is -2.34. The van der Waals surface area contributed by atoms with Crippen LogP contribution >= 0.6 is 0 Å². The van der Waals surface area contributed by atoms with E-state index in [0.29, 0.717) is 5.41 Å². The minimum Gasteiger partial charge on any atom is -0.313 e. The van der Waals surface area contributed by atoms with Gasteiger partial charge in [-0.15, -0.1) is 0 Å². The number of nitrogens with zero attached hydrogens (tertiary/aromatic N) is 1. The van der Waals surface area contributed by atoms with E-state index in [9.17, 15) is 0 Å². The number of rotatable bonds is 4. The summed E-state index contributed by atoms with van der Waals surface area (Å²) in [7, 11) is 0. The van der Waals surface area contributed by atoms with Gasteiger partial charge in [-0.3, -0.25) is 4.98 Å². The second-order valence-electron chi connectivity index (χ2n) is 5.85. The highest BCUT2D eigenvalue weighted by atomic mass is 15.0. The zero-order valence-electron chi connectivity index (χ0n) is 10.7. The van der Waals surface area contributed by atoms with E-state index in [0.717, 1.165) is 18.5 Å². The number of nitrogens with one attached hydrogen (secondary N) is 1. The third-order valence-corrected chi connectivity index (χ3v) is 4.72. The molecule has 0 amide bonds. The number of pyridine rings is 1. The van der Waals surface area contributed by atoms with E-state index < -0.39 is 0 Å². The summed E-state index contributed by atoms with van der Waals surface area (Å²) in [4.78, 5) is 4.32. The van der Waals surface area contributed by atoms with Crippen molar-refractivity contribution < 1.29 is 0 Å². The van der Waals surface area contributed by atoms with Crippen molar-refractivity contribution in [3.8, 4) is 0 Å². The Labute approximate surface area is 104 Å². The highest BCUT2D eigenvalue weighted by Gasteiger charge is 2.42. The van der Waals surface area contributed by atoms with Crippen LogP contribution in [0, 0.1) is 5.92 Å². The third kappa shape index (κ3) is 2.11. The fraction of sp³-hybridized carbons (Fsp3) is 0.667. The summed E-state index contributed by atoms with van der Waals surface area (Å²) < 4.78 is 0. The first-order valence-electron chi connectivity index (χ1n) is 6.95. The van der Waals surface area contributed by atoms with Gasteiger partial charge < -0.3 is 5.32 Å². The number of hydrogen-bond donors (Lipinski definition) is 1. The van der Waals surface area contributed by atoms with Crippen LogP contribution in [-0.2, 0) is 5.41 Å². The van der Waals surface area contributed by atoms with E-state index >= 15 is 0 Å². The highest BCUT2D eigenvalue weighted by Crippen LogP contribution is 2.45. The average Bonchev–Trinajstić information content (AvgIpc) is 3.12. The van der Waals surface area contributed by atoms with E-state index in [1.807, 2.05) is 6.20 Å². The predicted octanol–water partition coefficient (Wildman–Crippen LogP) is 2.89. The van der Waals surface area contributed by atoms with E-state index in [1.54, 1.807) is 0 Å². The summed E-state index contributed by atoms with van der Waals surface area (Å²) in [6.45, 7) is 3.55. The maximum Gasteiger partial charge on any atom is 0.0306 e. The van der Waals surface area contributed by atoms with Crippen molar-refractivity contribution >= 4 is 0 Å². The van der Waals surface area contributed by atoms with Gasteiger partial charge in [-0.2, -0.15) is 0 Å². The molecule has 2 aliphatic rings. The van der Waals surface area contributed by atoms with Gasteiger partial charge in [0.25, 0.3) is 0 Å².